The summed E-state index contributed by atoms with van der Waals surface area (Å²) in [7, 11) is -3.33. The van der Waals surface area contributed by atoms with Gasteiger partial charge in [0.1, 0.15) is 0 Å². The quantitative estimate of drug-likeness (QED) is 0.302. The van der Waals surface area contributed by atoms with Gasteiger partial charge in [-0.3, -0.25) is 9.52 Å². The Morgan fingerprint density at radius 1 is 1.00 bits per heavy atom. The number of Topliss-reactive ketones (excluding diaryl/α,β-unsaturated/α-hetero) is 1. The van der Waals surface area contributed by atoms with E-state index in [2.05, 4.69) is 9.71 Å². The van der Waals surface area contributed by atoms with Gasteiger partial charge in [-0.05, 0) is 29.3 Å². The second-order valence-electron chi connectivity index (χ2n) is 6.69. The van der Waals surface area contributed by atoms with E-state index in [1.807, 2.05) is 54.6 Å². The summed E-state index contributed by atoms with van der Waals surface area (Å²) >= 11 is 2.83. The van der Waals surface area contributed by atoms with Crippen LogP contribution in [0.1, 0.15) is 10.4 Å². The summed E-state index contributed by atoms with van der Waals surface area (Å²) in [5.74, 6) is 0.331. The molecule has 1 heterocycles. The molecule has 4 aromatic rings. The van der Waals surface area contributed by atoms with Gasteiger partial charge >= 0.3 is 0 Å². The molecular formula is C22H18N2O3S3. The summed E-state index contributed by atoms with van der Waals surface area (Å²) < 4.78 is 26.9. The maximum absolute atomic E-state index is 12.6. The molecule has 1 N–H and O–H groups in total. The van der Waals surface area contributed by atoms with E-state index in [0.29, 0.717) is 17.0 Å². The van der Waals surface area contributed by atoms with E-state index in [1.165, 1.54) is 23.1 Å². The van der Waals surface area contributed by atoms with Crippen LogP contribution < -0.4 is 4.72 Å². The molecule has 1 aromatic heterocycles. The van der Waals surface area contributed by atoms with Crippen molar-refractivity contribution in [1.29, 1.82) is 0 Å². The first-order valence-corrected chi connectivity index (χ1v) is 12.8. The van der Waals surface area contributed by atoms with E-state index in [1.54, 1.807) is 18.2 Å². The van der Waals surface area contributed by atoms with Gasteiger partial charge in [0.05, 0.1) is 27.9 Å². The van der Waals surface area contributed by atoms with Crippen LogP contribution in [0.3, 0.4) is 0 Å². The predicted octanol–water partition coefficient (Wildman–Crippen LogP) is 5.31. The minimum atomic E-state index is -3.33. The second kappa shape index (κ2) is 8.59. The molecule has 0 aliphatic rings. The first-order valence-electron chi connectivity index (χ1n) is 9.07. The minimum Gasteiger partial charge on any atom is -0.293 e. The number of nitrogens with zero attached hydrogens (tertiary/aromatic N) is 1. The number of anilines is 1. The van der Waals surface area contributed by atoms with Crippen molar-refractivity contribution in [2.24, 2.45) is 0 Å². The van der Waals surface area contributed by atoms with Crippen molar-refractivity contribution in [2.45, 2.75) is 4.34 Å². The van der Waals surface area contributed by atoms with E-state index < -0.39 is 10.0 Å². The molecule has 0 aliphatic carbocycles. The van der Waals surface area contributed by atoms with Crippen LogP contribution in [-0.4, -0.2) is 31.2 Å². The Bertz CT molecular complexity index is 1300. The number of rotatable bonds is 7. The van der Waals surface area contributed by atoms with Crippen molar-refractivity contribution < 1.29 is 13.2 Å². The number of benzene rings is 3. The van der Waals surface area contributed by atoms with Gasteiger partial charge in [0.2, 0.25) is 10.0 Å². The zero-order valence-electron chi connectivity index (χ0n) is 16.0. The summed E-state index contributed by atoms with van der Waals surface area (Å²) in [6.07, 6.45) is 1.11. The van der Waals surface area contributed by atoms with Crippen LogP contribution >= 0.6 is 23.1 Å². The molecule has 30 heavy (non-hydrogen) atoms. The Morgan fingerprint density at radius 3 is 2.40 bits per heavy atom. The fourth-order valence-electron chi connectivity index (χ4n) is 2.93. The normalized spacial score (nSPS) is 11.5. The summed E-state index contributed by atoms with van der Waals surface area (Å²) in [5.41, 5.74) is 4.14. The highest BCUT2D eigenvalue weighted by atomic mass is 32.2. The molecular weight excluding hydrogens is 436 g/mol. The number of nitrogens with one attached hydrogen (secondary N) is 1. The second-order valence-corrected chi connectivity index (χ2v) is 10.7. The highest BCUT2D eigenvalue weighted by molar-refractivity contribution is 8.01. The Morgan fingerprint density at radius 2 is 1.70 bits per heavy atom. The van der Waals surface area contributed by atoms with Crippen LogP contribution in [0.25, 0.3) is 21.3 Å². The third kappa shape index (κ3) is 5.08. The average molecular weight is 455 g/mol. The van der Waals surface area contributed by atoms with Gasteiger partial charge in [-0.1, -0.05) is 66.4 Å². The molecule has 152 valence electrons. The lowest BCUT2D eigenvalue weighted by Gasteiger charge is -2.03. The lowest BCUT2D eigenvalue weighted by atomic mass is 10.0. The topological polar surface area (TPSA) is 76.1 Å². The molecule has 0 fully saturated rings. The van der Waals surface area contributed by atoms with Crippen molar-refractivity contribution in [3.05, 3.63) is 78.4 Å². The first-order chi connectivity index (χ1) is 14.4. The predicted molar refractivity (Wildman–Crippen MR) is 125 cm³/mol. The summed E-state index contributed by atoms with van der Waals surface area (Å²) in [5, 5.41) is 0. The smallest absolute Gasteiger partial charge is 0.229 e. The number of thioether (sulfide) groups is 1. The Kier molecular flexibility index (Phi) is 5.90. The molecule has 3 aromatic carbocycles. The number of carbonyl (C=O) groups is 1. The molecule has 0 spiro atoms. The van der Waals surface area contributed by atoms with Gasteiger partial charge in [0.15, 0.2) is 10.1 Å². The SMILES string of the molecule is CS(=O)(=O)Nc1ccc2nc(SCC(=O)c3ccc(-c4ccccc4)cc3)sc2c1. The third-order valence-corrected chi connectivity index (χ3v) is 7.08. The molecule has 0 saturated carbocycles. The number of fused-ring (bicyclic) bond motifs is 1. The van der Waals surface area contributed by atoms with E-state index >= 15 is 0 Å². The average Bonchev–Trinajstić information content (AvgIpc) is 3.14. The van der Waals surface area contributed by atoms with E-state index in [9.17, 15) is 13.2 Å². The Balaban J connectivity index is 1.42. The van der Waals surface area contributed by atoms with Crippen molar-refractivity contribution in [3.8, 4) is 11.1 Å². The molecule has 0 bridgehead atoms. The van der Waals surface area contributed by atoms with Crippen LogP contribution in [0.15, 0.2) is 77.1 Å². The van der Waals surface area contributed by atoms with Crippen LogP contribution in [0.2, 0.25) is 0 Å². The van der Waals surface area contributed by atoms with Crippen molar-refractivity contribution in [2.75, 3.05) is 16.7 Å². The zero-order chi connectivity index (χ0) is 21.1. The minimum absolute atomic E-state index is 0.0401. The van der Waals surface area contributed by atoms with E-state index in [-0.39, 0.29) is 5.78 Å². The maximum Gasteiger partial charge on any atom is 0.229 e. The summed E-state index contributed by atoms with van der Waals surface area (Å²) in [6.45, 7) is 0. The number of sulfonamides is 1. The van der Waals surface area contributed by atoms with E-state index in [0.717, 1.165) is 31.9 Å². The monoisotopic (exact) mass is 454 g/mol. The van der Waals surface area contributed by atoms with Gasteiger partial charge in [-0.2, -0.15) is 0 Å². The van der Waals surface area contributed by atoms with Crippen molar-refractivity contribution in [1.82, 2.24) is 4.98 Å². The standard InChI is InChI=1S/C22H18N2O3S3/c1-30(26,27)24-18-11-12-19-21(13-18)29-22(23-19)28-14-20(25)17-9-7-16(8-10-17)15-5-3-2-4-6-15/h2-13,24H,14H2,1H3. The van der Waals surface area contributed by atoms with Crippen molar-refractivity contribution in [3.63, 3.8) is 0 Å². The van der Waals surface area contributed by atoms with Crippen molar-refractivity contribution >= 4 is 54.8 Å². The van der Waals surface area contributed by atoms with Crippen LogP contribution in [0.5, 0.6) is 0 Å². The molecule has 5 nitrogen and oxygen atoms in total. The number of hydrogen-bond acceptors (Lipinski definition) is 6. The number of hydrogen-bond donors (Lipinski definition) is 1. The molecule has 0 atom stereocenters. The molecule has 0 radical (unpaired) electrons. The Hall–Kier alpha value is -2.68. The highest BCUT2D eigenvalue weighted by Gasteiger charge is 2.11. The summed E-state index contributed by atoms with van der Waals surface area (Å²) in [6, 6.07) is 22.9. The van der Waals surface area contributed by atoms with Gasteiger partial charge in [0.25, 0.3) is 0 Å². The Labute approximate surface area is 183 Å². The first kappa shape index (κ1) is 20.6. The lowest BCUT2D eigenvalue weighted by molar-refractivity contribution is 0.102. The fraction of sp³-hybridized carbons (Fsp3) is 0.0909. The van der Waals surface area contributed by atoms with Gasteiger partial charge in [0, 0.05) is 5.56 Å². The maximum atomic E-state index is 12.6. The fourth-order valence-corrected chi connectivity index (χ4v) is 5.49. The van der Waals surface area contributed by atoms with Gasteiger partial charge in [-0.25, -0.2) is 13.4 Å². The number of carbonyl (C=O) groups excluding carboxylic acids is 1. The molecule has 0 aliphatic heterocycles. The summed E-state index contributed by atoms with van der Waals surface area (Å²) in [4.78, 5) is 17.1. The van der Waals surface area contributed by atoms with Crippen LogP contribution in [-0.2, 0) is 10.0 Å². The molecule has 0 unspecified atom stereocenters. The number of thiazole rings is 1. The number of ketones is 1. The lowest BCUT2D eigenvalue weighted by Crippen LogP contribution is -2.09. The van der Waals surface area contributed by atoms with E-state index in [4.69, 9.17) is 0 Å². The van der Waals surface area contributed by atoms with Crippen LogP contribution in [0.4, 0.5) is 5.69 Å². The number of aromatic nitrogens is 1. The van der Waals surface area contributed by atoms with Gasteiger partial charge < -0.3 is 0 Å². The zero-order valence-corrected chi connectivity index (χ0v) is 18.5. The molecule has 0 saturated heterocycles. The van der Waals surface area contributed by atoms with Gasteiger partial charge in [-0.15, -0.1) is 11.3 Å². The molecule has 0 amide bonds. The molecule has 8 heteroatoms. The highest BCUT2D eigenvalue weighted by Crippen LogP contribution is 2.32. The largest absolute Gasteiger partial charge is 0.293 e. The van der Waals surface area contributed by atoms with Crippen LogP contribution in [0, 0.1) is 0 Å². The molecule has 4 rings (SSSR count). The third-order valence-electron chi connectivity index (χ3n) is 4.31.